The van der Waals surface area contributed by atoms with Crippen molar-refractivity contribution < 1.29 is 32.1 Å². The van der Waals surface area contributed by atoms with E-state index in [9.17, 15) is 0 Å². The zero-order chi connectivity index (χ0) is 4.99. The molecule has 0 rings (SSSR count). The number of hydrogen-bond acceptors (Lipinski definition) is 3. The van der Waals surface area contributed by atoms with Crippen LogP contribution in [0.5, 0.6) is 0 Å². The van der Waals surface area contributed by atoms with Crippen molar-refractivity contribution in [1.82, 2.24) is 0 Å². The van der Waals surface area contributed by atoms with Crippen LogP contribution in [0.2, 0.25) is 0 Å². The Morgan fingerprint density at radius 2 is 1.43 bits per heavy atom. The van der Waals surface area contributed by atoms with Crippen LogP contribution >= 0.6 is 0 Å². The Balaban J connectivity index is 0. The van der Waals surface area contributed by atoms with Crippen molar-refractivity contribution in [3.8, 4) is 0 Å². The van der Waals surface area contributed by atoms with Gasteiger partial charge in [-0.2, -0.15) is 0 Å². The first kappa shape index (κ1) is 10.4. The summed E-state index contributed by atoms with van der Waals surface area (Å²) in [5, 5.41) is 24.0. The standard InChI is InChI=1S/C3H8O3.Co/c4-1-3(6)2-5;/h3-6H,1-2H2;/q;+2. The quantitative estimate of drug-likeness (QED) is 0.442. The van der Waals surface area contributed by atoms with Crippen molar-refractivity contribution >= 4 is 0 Å². The molecule has 0 unspecified atom stereocenters. The van der Waals surface area contributed by atoms with Crippen molar-refractivity contribution in [2.75, 3.05) is 13.2 Å². The third kappa shape index (κ3) is 6.39. The summed E-state index contributed by atoms with van der Waals surface area (Å²) in [5.74, 6) is 0. The smallest absolute Gasteiger partial charge is 0.394 e. The molecule has 4 heteroatoms. The maximum Gasteiger partial charge on any atom is 2.00 e. The van der Waals surface area contributed by atoms with E-state index in [0.29, 0.717) is 0 Å². The van der Waals surface area contributed by atoms with Crippen LogP contribution < -0.4 is 0 Å². The Labute approximate surface area is 52.2 Å². The average Bonchev–Trinajstić information content (AvgIpc) is 1.65. The van der Waals surface area contributed by atoms with Gasteiger partial charge in [-0.15, -0.1) is 0 Å². The molecular formula is C3H8CoO3+2. The summed E-state index contributed by atoms with van der Waals surface area (Å²) < 4.78 is 0. The summed E-state index contributed by atoms with van der Waals surface area (Å²) in [5.41, 5.74) is 0. The maximum absolute atomic E-state index is 8.17. The van der Waals surface area contributed by atoms with E-state index in [-0.39, 0.29) is 30.0 Å². The molecule has 0 saturated heterocycles. The van der Waals surface area contributed by atoms with Crippen LogP contribution in [0.4, 0.5) is 0 Å². The second-order valence-corrected chi connectivity index (χ2v) is 1.02. The number of rotatable bonds is 2. The fourth-order valence-electron chi connectivity index (χ4n) is 0.0577. The van der Waals surface area contributed by atoms with Crippen molar-refractivity contribution in [3.05, 3.63) is 0 Å². The van der Waals surface area contributed by atoms with Gasteiger partial charge >= 0.3 is 16.8 Å². The topological polar surface area (TPSA) is 60.7 Å². The van der Waals surface area contributed by atoms with Crippen molar-refractivity contribution in [2.45, 2.75) is 6.10 Å². The molecule has 0 atom stereocenters. The second kappa shape index (κ2) is 6.39. The van der Waals surface area contributed by atoms with Crippen LogP contribution in [0.15, 0.2) is 0 Å². The van der Waals surface area contributed by atoms with Gasteiger partial charge in [0.2, 0.25) is 0 Å². The number of aliphatic hydroxyl groups is 3. The van der Waals surface area contributed by atoms with Gasteiger partial charge in [0.1, 0.15) is 6.10 Å². The van der Waals surface area contributed by atoms with E-state index in [1.165, 1.54) is 0 Å². The van der Waals surface area contributed by atoms with Gasteiger partial charge in [0, 0.05) is 0 Å². The van der Waals surface area contributed by atoms with Gasteiger partial charge < -0.3 is 15.3 Å². The van der Waals surface area contributed by atoms with E-state index < -0.39 is 6.10 Å². The molecule has 0 spiro atoms. The zero-order valence-corrected chi connectivity index (χ0v) is 4.71. The van der Waals surface area contributed by atoms with Crippen LogP contribution in [-0.4, -0.2) is 34.6 Å². The predicted molar refractivity (Wildman–Crippen MR) is 20.2 cm³/mol. The molecule has 0 aromatic carbocycles. The minimum Gasteiger partial charge on any atom is -0.394 e. The number of hydrogen-bond donors (Lipinski definition) is 3. The first-order chi connectivity index (χ1) is 2.81. The third-order valence-electron chi connectivity index (χ3n) is 0.421. The Morgan fingerprint density at radius 1 is 1.14 bits per heavy atom. The molecule has 0 amide bonds. The van der Waals surface area contributed by atoms with Crippen LogP contribution in [-0.2, 0) is 16.8 Å². The van der Waals surface area contributed by atoms with Crippen molar-refractivity contribution in [3.63, 3.8) is 0 Å². The van der Waals surface area contributed by atoms with E-state index in [4.69, 9.17) is 15.3 Å². The van der Waals surface area contributed by atoms with Crippen LogP contribution in [0.1, 0.15) is 0 Å². The predicted octanol–water partition coefficient (Wildman–Crippen LogP) is -1.67. The zero-order valence-electron chi connectivity index (χ0n) is 3.67. The largest absolute Gasteiger partial charge is 2.00 e. The minimum atomic E-state index is -0.954. The molecule has 0 fully saturated rings. The summed E-state index contributed by atoms with van der Waals surface area (Å²) in [6.45, 7) is -0.729. The number of aliphatic hydroxyl groups excluding tert-OH is 3. The van der Waals surface area contributed by atoms with Gasteiger partial charge in [0.05, 0.1) is 13.2 Å². The third-order valence-corrected chi connectivity index (χ3v) is 0.421. The van der Waals surface area contributed by atoms with Crippen LogP contribution in [0.3, 0.4) is 0 Å². The first-order valence-electron chi connectivity index (χ1n) is 1.71. The molecule has 0 saturated carbocycles. The van der Waals surface area contributed by atoms with Gasteiger partial charge in [-0.05, 0) is 0 Å². The normalized spacial score (nSPS) is 8.57. The van der Waals surface area contributed by atoms with E-state index in [1.54, 1.807) is 0 Å². The fourth-order valence-corrected chi connectivity index (χ4v) is 0.0577. The molecule has 3 N–H and O–H groups in total. The summed E-state index contributed by atoms with van der Waals surface area (Å²) in [6, 6.07) is 0. The minimum absolute atomic E-state index is 0. The summed E-state index contributed by atoms with van der Waals surface area (Å²) in [4.78, 5) is 0. The molecule has 0 aromatic heterocycles. The van der Waals surface area contributed by atoms with Gasteiger partial charge in [0.25, 0.3) is 0 Å². The Hall–Kier alpha value is 0.386. The molecule has 0 bridgehead atoms. The molecule has 1 radical (unpaired) electrons. The molecule has 0 aliphatic heterocycles. The summed E-state index contributed by atoms with van der Waals surface area (Å²) in [7, 11) is 0. The Bertz CT molecular complexity index is 29.4. The van der Waals surface area contributed by atoms with Crippen LogP contribution in [0, 0.1) is 0 Å². The Kier molecular flexibility index (Phi) is 9.47. The SMILES string of the molecule is OCC(O)CO.[Co+2]. The van der Waals surface area contributed by atoms with E-state index in [2.05, 4.69) is 0 Å². The van der Waals surface area contributed by atoms with Crippen LogP contribution in [0.25, 0.3) is 0 Å². The molecule has 0 heterocycles. The molecule has 45 valence electrons. The van der Waals surface area contributed by atoms with E-state index in [1.807, 2.05) is 0 Å². The molecule has 0 aliphatic carbocycles. The maximum atomic E-state index is 8.17. The Morgan fingerprint density at radius 3 is 1.43 bits per heavy atom. The monoisotopic (exact) mass is 151 g/mol. The second-order valence-electron chi connectivity index (χ2n) is 1.02. The van der Waals surface area contributed by atoms with E-state index in [0.717, 1.165) is 0 Å². The molecular weight excluding hydrogens is 143 g/mol. The average molecular weight is 151 g/mol. The molecule has 7 heavy (non-hydrogen) atoms. The first-order valence-corrected chi connectivity index (χ1v) is 1.71. The van der Waals surface area contributed by atoms with Crippen molar-refractivity contribution in [2.24, 2.45) is 0 Å². The summed E-state index contributed by atoms with van der Waals surface area (Å²) in [6.07, 6.45) is -0.954. The summed E-state index contributed by atoms with van der Waals surface area (Å²) >= 11 is 0. The molecule has 3 nitrogen and oxygen atoms in total. The van der Waals surface area contributed by atoms with Gasteiger partial charge in [-0.3, -0.25) is 0 Å². The fraction of sp³-hybridized carbons (Fsp3) is 1.00. The van der Waals surface area contributed by atoms with Gasteiger partial charge in [-0.25, -0.2) is 0 Å². The molecule has 0 aromatic rings. The molecule has 0 aliphatic rings. The van der Waals surface area contributed by atoms with Crippen molar-refractivity contribution in [1.29, 1.82) is 0 Å². The van der Waals surface area contributed by atoms with Gasteiger partial charge in [-0.1, -0.05) is 0 Å². The van der Waals surface area contributed by atoms with Gasteiger partial charge in [0.15, 0.2) is 0 Å². The van der Waals surface area contributed by atoms with E-state index >= 15 is 0 Å².